The molecule has 0 fully saturated rings. The Morgan fingerprint density at radius 1 is 0.906 bits per heavy atom. The van der Waals surface area contributed by atoms with Gasteiger partial charge in [0, 0.05) is 18.0 Å². The molecule has 4 rings (SSSR count). The SMILES string of the molecule is O=C1C(Nc2cccc(OC(F)(F)F)c2)=C(c2ccccc2)C(=O)N1Cc1ccccn1. The van der Waals surface area contributed by atoms with E-state index in [0.29, 0.717) is 11.3 Å². The van der Waals surface area contributed by atoms with E-state index in [0.717, 1.165) is 17.0 Å². The Bertz CT molecular complexity index is 1180. The predicted octanol–water partition coefficient (Wildman–Crippen LogP) is 4.37. The largest absolute Gasteiger partial charge is 0.573 e. The molecule has 2 aromatic carbocycles. The van der Waals surface area contributed by atoms with Crippen LogP contribution in [-0.2, 0) is 16.1 Å². The Hall–Kier alpha value is -4.14. The van der Waals surface area contributed by atoms with Gasteiger partial charge in [-0.25, -0.2) is 0 Å². The zero-order valence-corrected chi connectivity index (χ0v) is 16.5. The number of alkyl halides is 3. The second kappa shape index (κ2) is 8.54. The number of hydrogen-bond acceptors (Lipinski definition) is 5. The first-order valence-electron chi connectivity index (χ1n) is 9.50. The van der Waals surface area contributed by atoms with Crippen molar-refractivity contribution in [3.63, 3.8) is 0 Å². The van der Waals surface area contributed by atoms with Gasteiger partial charge in [-0.15, -0.1) is 13.2 Å². The highest BCUT2D eigenvalue weighted by atomic mass is 19.4. The van der Waals surface area contributed by atoms with Gasteiger partial charge in [0.25, 0.3) is 11.8 Å². The van der Waals surface area contributed by atoms with Gasteiger partial charge in [-0.05, 0) is 29.8 Å². The number of halogens is 3. The number of hydrogen-bond donors (Lipinski definition) is 1. The van der Waals surface area contributed by atoms with Crippen LogP contribution in [-0.4, -0.2) is 28.1 Å². The maximum atomic E-state index is 13.2. The topological polar surface area (TPSA) is 71.5 Å². The molecule has 2 amide bonds. The Balaban J connectivity index is 1.69. The molecular formula is C23H16F3N3O3. The lowest BCUT2D eigenvalue weighted by Gasteiger charge is -2.15. The lowest BCUT2D eigenvalue weighted by molar-refractivity contribution is -0.274. The van der Waals surface area contributed by atoms with Gasteiger partial charge >= 0.3 is 6.36 Å². The smallest absolute Gasteiger partial charge is 0.406 e. The monoisotopic (exact) mass is 439 g/mol. The quantitative estimate of drug-likeness (QED) is 0.578. The first kappa shape index (κ1) is 21.1. The minimum absolute atomic E-state index is 0.0405. The molecule has 0 aliphatic carbocycles. The van der Waals surface area contributed by atoms with Crippen molar-refractivity contribution in [3.8, 4) is 5.75 Å². The number of aromatic nitrogens is 1. The van der Waals surface area contributed by atoms with Crippen LogP contribution in [0.4, 0.5) is 18.9 Å². The highest BCUT2D eigenvalue weighted by Crippen LogP contribution is 2.32. The summed E-state index contributed by atoms with van der Waals surface area (Å²) in [5.41, 5.74) is 1.26. The van der Waals surface area contributed by atoms with Crippen LogP contribution < -0.4 is 10.1 Å². The van der Waals surface area contributed by atoms with Crippen molar-refractivity contribution >= 4 is 23.1 Å². The molecule has 1 aliphatic heterocycles. The Kier molecular flexibility index (Phi) is 5.63. The number of imide groups is 1. The molecule has 0 spiro atoms. The number of amides is 2. The van der Waals surface area contributed by atoms with E-state index in [9.17, 15) is 22.8 Å². The molecule has 1 aromatic heterocycles. The molecule has 2 heterocycles. The molecular weight excluding hydrogens is 423 g/mol. The van der Waals surface area contributed by atoms with Crippen molar-refractivity contribution < 1.29 is 27.5 Å². The highest BCUT2D eigenvalue weighted by Gasteiger charge is 2.39. The Labute approximate surface area is 181 Å². The second-order valence-corrected chi connectivity index (χ2v) is 6.83. The molecule has 32 heavy (non-hydrogen) atoms. The summed E-state index contributed by atoms with van der Waals surface area (Å²) < 4.78 is 41.6. The lowest BCUT2D eigenvalue weighted by atomic mass is 10.0. The van der Waals surface area contributed by atoms with Crippen LogP contribution >= 0.6 is 0 Å². The number of pyridine rings is 1. The highest BCUT2D eigenvalue weighted by molar-refractivity contribution is 6.36. The van der Waals surface area contributed by atoms with Crippen molar-refractivity contribution in [1.82, 2.24) is 9.88 Å². The van der Waals surface area contributed by atoms with Gasteiger partial charge in [-0.3, -0.25) is 19.5 Å². The number of carbonyl (C=O) groups excluding carboxylic acids is 2. The molecule has 9 heteroatoms. The fraction of sp³-hybridized carbons (Fsp3) is 0.0870. The third kappa shape index (κ3) is 4.61. The van der Waals surface area contributed by atoms with Crippen molar-refractivity contribution in [2.75, 3.05) is 5.32 Å². The van der Waals surface area contributed by atoms with E-state index >= 15 is 0 Å². The zero-order chi connectivity index (χ0) is 22.7. The average Bonchev–Trinajstić information content (AvgIpc) is 2.98. The fourth-order valence-corrected chi connectivity index (χ4v) is 3.28. The minimum Gasteiger partial charge on any atom is -0.406 e. The van der Waals surface area contributed by atoms with Crippen LogP contribution in [0.15, 0.2) is 84.7 Å². The van der Waals surface area contributed by atoms with E-state index in [2.05, 4.69) is 15.0 Å². The normalized spacial score (nSPS) is 14.2. The number of carbonyl (C=O) groups is 2. The van der Waals surface area contributed by atoms with Gasteiger partial charge in [-0.1, -0.05) is 42.5 Å². The van der Waals surface area contributed by atoms with Gasteiger partial charge in [0.2, 0.25) is 0 Å². The number of rotatable bonds is 6. The molecule has 6 nitrogen and oxygen atoms in total. The van der Waals surface area contributed by atoms with Gasteiger partial charge in [0.1, 0.15) is 11.4 Å². The van der Waals surface area contributed by atoms with E-state index in [1.165, 1.54) is 12.1 Å². The molecule has 0 radical (unpaired) electrons. The average molecular weight is 439 g/mol. The minimum atomic E-state index is -4.86. The maximum Gasteiger partial charge on any atom is 0.573 e. The number of benzene rings is 2. The number of nitrogens with one attached hydrogen (secondary N) is 1. The van der Waals surface area contributed by atoms with Crippen LogP contribution in [0.3, 0.4) is 0 Å². The predicted molar refractivity (Wildman–Crippen MR) is 110 cm³/mol. The van der Waals surface area contributed by atoms with E-state index < -0.39 is 23.9 Å². The van der Waals surface area contributed by atoms with E-state index in [1.54, 1.807) is 54.7 Å². The maximum absolute atomic E-state index is 13.2. The molecule has 3 aromatic rings. The summed E-state index contributed by atoms with van der Waals surface area (Å²) in [6, 6.07) is 18.8. The zero-order valence-electron chi connectivity index (χ0n) is 16.5. The summed E-state index contributed by atoms with van der Waals surface area (Å²) in [5.74, 6) is -1.59. The van der Waals surface area contributed by atoms with Crippen LogP contribution in [0.5, 0.6) is 5.75 Å². The number of anilines is 1. The molecule has 162 valence electrons. The summed E-state index contributed by atoms with van der Waals surface area (Å²) in [6.45, 7) is -0.0444. The summed E-state index contributed by atoms with van der Waals surface area (Å²) >= 11 is 0. The molecule has 1 N–H and O–H groups in total. The fourth-order valence-electron chi connectivity index (χ4n) is 3.28. The molecule has 0 saturated heterocycles. The summed E-state index contributed by atoms with van der Waals surface area (Å²) in [5, 5.41) is 2.81. The van der Waals surface area contributed by atoms with Crippen molar-refractivity contribution in [3.05, 3.63) is 95.9 Å². The van der Waals surface area contributed by atoms with Gasteiger partial charge < -0.3 is 10.1 Å². The van der Waals surface area contributed by atoms with E-state index in [1.807, 2.05) is 0 Å². The number of ether oxygens (including phenoxy) is 1. The Morgan fingerprint density at radius 2 is 1.66 bits per heavy atom. The van der Waals surface area contributed by atoms with Crippen LogP contribution in [0.2, 0.25) is 0 Å². The summed E-state index contributed by atoms with van der Waals surface area (Å²) in [4.78, 5) is 31.5. The van der Waals surface area contributed by atoms with Crippen molar-refractivity contribution in [2.45, 2.75) is 12.9 Å². The van der Waals surface area contributed by atoms with Gasteiger partial charge in [0.15, 0.2) is 0 Å². The van der Waals surface area contributed by atoms with Crippen LogP contribution in [0.1, 0.15) is 11.3 Å². The second-order valence-electron chi connectivity index (χ2n) is 6.83. The van der Waals surface area contributed by atoms with E-state index in [4.69, 9.17) is 0 Å². The van der Waals surface area contributed by atoms with Gasteiger partial charge in [0.05, 0.1) is 17.8 Å². The standard InChI is InChI=1S/C23H16F3N3O3/c24-23(25,26)32-18-11-6-10-16(13-18)28-20-19(15-7-2-1-3-8-15)21(30)29(22(20)31)14-17-9-4-5-12-27-17/h1-13,28H,14H2. The first-order valence-corrected chi connectivity index (χ1v) is 9.50. The summed E-state index contributed by atoms with van der Waals surface area (Å²) in [7, 11) is 0. The molecule has 0 bridgehead atoms. The van der Waals surface area contributed by atoms with Gasteiger partial charge in [-0.2, -0.15) is 0 Å². The van der Waals surface area contributed by atoms with E-state index in [-0.39, 0.29) is 23.5 Å². The summed E-state index contributed by atoms with van der Waals surface area (Å²) in [6.07, 6.45) is -3.30. The van der Waals surface area contributed by atoms with Crippen LogP contribution in [0.25, 0.3) is 5.57 Å². The molecule has 0 saturated carbocycles. The molecule has 1 aliphatic rings. The Morgan fingerprint density at radius 3 is 2.34 bits per heavy atom. The lowest BCUT2D eigenvalue weighted by Crippen LogP contribution is -2.32. The number of nitrogens with zero attached hydrogens (tertiary/aromatic N) is 2. The van der Waals surface area contributed by atoms with Crippen molar-refractivity contribution in [1.29, 1.82) is 0 Å². The molecule has 0 unspecified atom stereocenters. The first-order chi connectivity index (χ1) is 15.3. The molecule has 0 atom stereocenters. The third-order valence-electron chi connectivity index (χ3n) is 4.61. The third-order valence-corrected chi connectivity index (χ3v) is 4.61. The van der Waals surface area contributed by atoms with Crippen molar-refractivity contribution in [2.24, 2.45) is 0 Å². The van der Waals surface area contributed by atoms with Crippen LogP contribution in [0, 0.1) is 0 Å².